The molecule has 0 saturated heterocycles. The van der Waals surface area contributed by atoms with Crippen LogP contribution in [-0.4, -0.2) is 22.0 Å². The van der Waals surface area contributed by atoms with Gasteiger partial charge in [0.25, 0.3) is 5.91 Å². The van der Waals surface area contributed by atoms with Gasteiger partial charge in [-0.1, -0.05) is 11.6 Å². The molecule has 21 heavy (non-hydrogen) atoms. The molecule has 0 aliphatic carbocycles. The number of carboxylic acids is 1. The van der Waals surface area contributed by atoms with Crippen LogP contribution in [0.2, 0.25) is 5.02 Å². The number of carbonyl (C=O) groups is 2. The fraction of sp³-hybridized carbons (Fsp3) is 0.214. The molecule has 0 saturated carbocycles. The van der Waals surface area contributed by atoms with E-state index in [4.69, 9.17) is 11.6 Å². The first-order valence-corrected chi connectivity index (χ1v) is 7.27. The van der Waals surface area contributed by atoms with Gasteiger partial charge in [-0.15, -0.1) is 11.3 Å². The summed E-state index contributed by atoms with van der Waals surface area (Å²) in [5.74, 6) is -1.54. The Morgan fingerprint density at radius 1 is 1.33 bits per heavy atom. The van der Waals surface area contributed by atoms with Crippen LogP contribution in [0.4, 0.5) is 5.00 Å². The molecule has 0 fully saturated rings. The number of aromatic carboxylic acids is 1. The van der Waals surface area contributed by atoms with Gasteiger partial charge in [-0.3, -0.25) is 9.78 Å². The average molecular weight is 325 g/mol. The first-order chi connectivity index (χ1) is 9.81. The Morgan fingerprint density at radius 2 is 2.00 bits per heavy atom. The minimum atomic E-state index is -1.07. The van der Waals surface area contributed by atoms with Crippen molar-refractivity contribution in [3.05, 3.63) is 44.5 Å². The summed E-state index contributed by atoms with van der Waals surface area (Å²) in [5, 5.41) is 12.4. The van der Waals surface area contributed by atoms with Crippen molar-refractivity contribution in [1.29, 1.82) is 0 Å². The Labute approximate surface area is 130 Å². The number of aryl methyl sites for hydroxylation is 2. The number of anilines is 1. The lowest BCUT2D eigenvalue weighted by molar-refractivity contribution is 0.0697. The molecular weight excluding hydrogens is 312 g/mol. The number of pyridine rings is 1. The molecule has 2 N–H and O–H groups in total. The van der Waals surface area contributed by atoms with Crippen molar-refractivity contribution in [2.45, 2.75) is 20.8 Å². The standard InChI is InChI=1S/C14H13ClN2O3S/c1-6-4-10(15)9(5-16-6)12(18)17-13-11(14(19)20)7(2)8(3)21-13/h4-5H,1-3H3,(H,17,18)(H,19,20). The van der Waals surface area contributed by atoms with E-state index in [0.29, 0.717) is 16.3 Å². The van der Waals surface area contributed by atoms with Gasteiger partial charge in [0.15, 0.2) is 0 Å². The van der Waals surface area contributed by atoms with Gasteiger partial charge in [0.2, 0.25) is 0 Å². The molecule has 0 spiro atoms. The number of nitrogens with one attached hydrogen (secondary N) is 1. The highest BCUT2D eigenvalue weighted by molar-refractivity contribution is 7.16. The van der Waals surface area contributed by atoms with Crippen LogP contribution >= 0.6 is 22.9 Å². The van der Waals surface area contributed by atoms with Gasteiger partial charge in [-0.25, -0.2) is 4.79 Å². The number of carboxylic acid groups (broad SMARTS) is 1. The van der Waals surface area contributed by atoms with Crippen molar-refractivity contribution in [2.75, 3.05) is 5.32 Å². The zero-order valence-electron chi connectivity index (χ0n) is 11.7. The topological polar surface area (TPSA) is 79.3 Å². The van der Waals surface area contributed by atoms with E-state index < -0.39 is 11.9 Å². The lowest BCUT2D eigenvalue weighted by Crippen LogP contribution is -2.14. The van der Waals surface area contributed by atoms with E-state index in [-0.39, 0.29) is 16.1 Å². The van der Waals surface area contributed by atoms with Crippen molar-refractivity contribution in [2.24, 2.45) is 0 Å². The lowest BCUT2D eigenvalue weighted by Gasteiger charge is -2.06. The molecule has 7 heteroatoms. The molecule has 0 aliphatic heterocycles. The molecule has 0 atom stereocenters. The van der Waals surface area contributed by atoms with Gasteiger partial charge in [-0.05, 0) is 32.4 Å². The van der Waals surface area contributed by atoms with E-state index in [2.05, 4.69) is 10.3 Å². The minimum absolute atomic E-state index is 0.113. The predicted molar refractivity (Wildman–Crippen MR) is 82.7 cm³/mol. The van der Waals surface area contributed by atoms with Crippen molar-refractivity contribution in [3.8, 4) is 0 Å². The van der Waals surface area contributed by atoms with Crippen LogP contribution in [0.15, 0.2) is 12.3 Å². The van der Waals surface area contributed by atoms with Crippen molar-refractivity contribution >= 4 is 39.8 Å². The van der Waals surface area contributed by atoms with Crippen LogP contribution in [0.3, 0.4) is 0 Å². The normalized spacial score (nSPS) is 10.5. The molecule has 110 valence electrons. The number of hydrogen-bond donors (Lipinski definition) is 2. The van der Waals surface area contributed by atoms with Gasteiger partial charge in [-0.2, -0.15) is 0 Å². The lowest BCUT2D eigenvalue weighted by atomic mass is 10.1. The molecule has 2 rings (SSSR count). The number of nitrogens with zero attached hydrogens (tertiary/aromatic N) is 1. The second-order valence-corrected chi connectivity index (χ2v) is 6.18. The first-order valence-electron chi connectivity index (χ1n) is 6.08. The molecule has 2 aromatic heterocycles. The summed E-state index contributed by atoms with van der Waals surface area (Å²) in [6.45, 7) is 5.29. The summed E-state index contributed by atoms with van der Waals surface area (Å²) in [7, 11) is 0. The molecule has 5 nitrogen and oxygen atoms in total. The third kappa shape index (κ3) is 3.06. The van der Waals surface area contributed by atoms with Crippen molar-refractivity contribution in [1.82, 2.24) is 4.98 Å². The summed E-state index contributed by atoms with van der Waals surface area (Å²) >= 11 is 7.24. The SMILES string of the molecule is Cc1cc(Cl)c(C(=O)Nc2sc(C)c(C)c2C(=O)O)cn1. The number of amides is 1. The Bertz CT molecular complexity index is 740. The van der Waals surface area contributed by atoms with Crippen LogP contribution in [0, 0.1) is 20.8 Å². The Hall–Kier alpha value is -1.92. The Balaban J connectivity index is 2.36. The summed E-state index contributed by atoms with van der Waals surface area (Å²) < 4.78 is 0. The Morgan fingerprint density at radius 3 is 2.57 bits per heavy atom. The molecule has 2 aromatic rings. The third-order valence-corrected chi connectivity index (χ3v) is 4.50. The summed E-state index contributed by atoms with van der Waals surface area (Å²) in [6, 6.07) is 1.58. The number of hydrogen-bond acceptors (Lipinski definition) is 4. The monoisotopic (exact) mass is 324 g/mol. The maximum atomic E-state index is 12.2. The zero-order chi connectivity index (χ0) is 15.7. The number of rotatable bonds is 3. The van der Waals surface area contributed by atoms with E-state index >= 15 is 0 Å². The van der Waals surface area contributed by atoms with E-state index in [1.54, 1.807) is 19.9 Å². The van der Waals surface area contributed by atoms with Crippen molar-refractivity contribution < 1.29 is 14.7 Å². The van der Waals surface area contributed by atoms with Crippen LogP contribution in [0.5, 0.6) is 0 Å². The van der Waals surface area contributed by atoms with Crippen LogP contribution in [0.25, 0.3) is 0 Å². The summed E-state index contributed by atoms with van der Waals surface area (Å²) in [6.07, 6.45) is 1.38. The molecule has 1 amide bonds. The average Bonchev–Trinajstić information content (AvgIpc) is 2.64. The van der Waals surface area contributed by atoms with Gasteiger partial charge in [0.1, 0.15) is 5.00 Å². The first kappa shape index (κ1) is 15.5. The number of halogens is 1. The molecule has 2 heterocycles. The number of thiophene rings is 1. The highest BCUT2D eigenvalue weighted by Crippen LogP contribution is 2.33. The Kier molecular flexibility index (Phi) is 4.29. The second-order valence-electron chi connectivity index (χ2n) is 4.55. The molecular formula is C14H13ClN2O3S. The van der Waals surface area contributed by atoms with E-state index in [9.17, 15) is 14.7 Å². The zero-order valence-corrected chi connectivity index (χ0v) is 13.2. The van der Waals surface area contributed by atoms with Crippen LogP contribution in [-0.2, 0) is 0 Å². The smallest absolute Gasteiger partial charge is 0.338 e. The number of carbonyl (C=O) groups excluding carboxylic acids is 1. The van der Waals surface area contributed by atoms with E-state index in [1.807, 2.05) is 6.92 Å². The van der Waals surface area contributed by atoms with Crippen LogP contribution in [0.1, 0.15) is 36.9 Å². The minimum Gasteiger partial charge on any atom is -0.478 e. The fourth-order valence-electron chi connectivity index (χ4n) is 1.84. The van der Waals surface area contributed by atoms with Gasteiger partial charge < -0.3 is 10.4 Å². The molecule has 0 unspecified atom stereocenters. The predicted octanol–water partition coefficient (Wildman–Crippen LogP) is 3.67. The van der Waals surface area contributed by atoms with Gasteiger partial charge in [0, 0.05) is 16.8 Å². The van der Waals surface area contributed by atoms with Crippen molar-refractivity contribution in [3.63, 3.8) is 0 Å². The highest BCUT2D eigenvalue weighted by Gasteiger charge is 2.21. The van der Waals surface area contributed by atoms with Crippen LogP contribution < -0.4 is 5.32 Å². The largest absolute Gasteiger partial charge is 0.478 e. The van der Waals surface area contributed by atoms with E-state index in [0.717, 1.165) is 4.88 Å². The molecule has 0 aliphatic rings. The van der Waals surface area contributed by atoms with Gasteiger partial charge >= 0.3 is 5.97 Å². The number of aromatic nitrogens is 1. The highest BCUT2D eigenvalue weighted by atomic mass is 35.5. The summed E-state index contributed by atoms with van der Waals surface area (Å²) in [4.78, 5) is 28.4. The summed E-state index contributed by atoms with van der Waals surface area (Å²) in [5.41, 5.74) is 1.67. The fourth-order valence-corrected chi connectivity index (χ4v) is 3.18. The van der Waals surface area contributed by atoms with Gasteiger partial charge in [0.05, 0.1) is 16.1 Å². The maximum Gasteiger partial charge on any atom is 0.338 e. The quantitative estimate of drug-likeness (QED) is 0.902. The molecule has 0 radical (unpaired) electrons. The molecule has 0 bridgehead atoms. The third-order valence-electron chi connectivity index (χ3n) is 3.06. The maximum absolute atomic E-state index is 12.2. The molecule has 0 aromatic carbocycles. The van der Waals surface area contributed by atoms with E-state index in [1.165, 1.54) is 17.5 Å². The second kappa shape index (κ2) is 5.83.